The monoisotopic (exact) mass is 418 g/mol. The number of esters is 1. The number of sulfonamides is 1. The molecular formula is C21H26N2O5S. The molecule has 2 aromatic rings. The zero-order chi connectivity index (χ0) is 21.6. The first-order chi connectivity index (χ1) is 13.6. The van der Waals surface area contributed by atoms with Gasteiger partial charge in [0.25, 0.3) is 5.91 Å². The lowest BCUT2D eigenvalue weighted by atomic mass is 10.2. The molecule has 2 aromatic carbocycles. The summed E-state index contributed by atoms with van der Waals surface area (Å²) >= 11 is 0. The Morgan fingerprint density at radius 1 is 1.00 bits per heavy atom. The van der Waals surface area contributed by atoms with Crippen LogP contribution in [0.25, 0.3) is 0 Å². The minimum absolute atomic E-state index is 0.0881. The summed E-state index contributed by atoms with van der Waals surface area (Å²) in [6.07, 6.45) is -1.02. The van der Waals surface area contributed by atoms with E-state index in [9.17, 15) is 18.0 Å². The van der Waals surface area contributed by atoms with E-state index in [0.717, 1.165) is 15.4 Å². The third kappa shape index (κ3) is 6.13. The van der Waals surface area contributed by atoms with Crippen LogP contribution in [-0.2, 0) is 30.9 Å². The number of nitrogens with zero attached hydrogens (tertiary/aromatic N) is 2. The van der Waals surface area contributed by atoms with Crippen molar-refractivity contribution in [2.45, 2.75) is 31.4 Å². The minimum atomic E-state index is -3.83. The maximum Gasteiger partial charge on any atom is 0.322 e. The van der Waals surface area contributed by atoms with E-state index in [-0.39, 0.29) is 10.8 Å². The van der Waals surface area contributed by atoms with Crippen LogP contribution in [0.4, 0.5) is 0 Å². The van der Waals surface area contributed by atoms with E-state index in [1.807, 2.05) is 37.3 Å². The number of benzene rings is 2. The van der Waals surface area contributed by atoms with Gasteiger partial charge in [0.1, 0.15) is 6.54 Å². The van der Waals surface area contributed by atoms with Crippen LogP contribution < -0.4 is 0 Å². The number of aryl methyl sites for hydroxylation is 1. The molecule has 0 N–H and O–H groups in total. The first-order valence-corrected chi connectivity index (χ1v) is 10.6. The Bertz CT molecular complexity index is 943. The van der Waals surface area contributed by atoms with Gasteiger partial charge in [0, 0.05) is 20.6 Å². The molecule has 0 saturated carbocycles. The number of carbonyl (C=O) groups is 2. The molecule has 0 aliphatic rings. The molecule has 29 heavy (non-hydrogen) atoms. The SMILES string of the molecule is Cc1ccc(S(=O)(=O)N(C)CC(=O)O[C@H](C)C(=O)N(C)Cc2ccccc2)cc1. The molecule has 0 aromatic heterocycles. The fourth-order valence-electron chi connectivity index (χ4n) is 2.69. The zero-order valence-electron chi connectivity index (χ0n) is 17.0. The van der Waals surface area contributed by atoms with Gasteiger partial charge in [0.2, 0.25) is 10.0 Å². The smallest absolute Gasteiger partial charge is 0.322 e. The van der Waals surface area contributed by atoms with Crippen LogP contribution in [0.1, 0.15) is 18.1 Å². The molecule has 0 fully saturated rings. The number of likely N-dealkylation sites (N-methyl/N-ethyl adjacent to an activating group) is 2. The molecular weight excluding hydrogens is 392 g/mol. The molecule has 0 aliphatic carbocycles. The van der Waals surface area contributed by atoms with Crippen molar-refractivity contribution in [3.05, 3.63) is 65.7 Å². The first kappa shape index (κ1) is 22.6. The predicted octanol–water partition coefficient (Wildman–Crippen LogP) is 2.21. The molecule has 0 bridgehead atoms. The summed E-state index contributed by atoms with van der Waals surface area (Å²) in [5.74, 6) is -1.16. The van der Waals surface area contributed by atoms with Gasteiger partial charge < -0.3 is 9.64 Å². The van der Waals surface area contributed by atoms with Gasteiger partial charge in [-0.1, -0.05) is 48.0 Å². The van der Waals surface area contributed by atoms with E-state index in [4.69, 9.17) is 4.74 Å². The van der Waals surface area contributed by atoms with Crippen LogP contribution in [0.3, 0.4) is 0 Å². The molecule has 2 rings (SSSR count). The third-order valence-corrected chi connectivity index (χ3v) is 6.19. The largest absolute Gasteiger partial charge is 0.452 e. The van der Waals surface area contributed by atoms with Crippen molar-refractivity contribution in [2.24, 2.45) is 0 Å². The molecule has 0 aliphatic heterocycles. The summed E-state index contributed by atoms with van der Waals surface area (Å²) in [6, 6.07) is 15.8. The molecule has 0 unspecified atom stereocenters. The second kappa shape index (κ2) is 9.67. The maximum atomic E-state index is 12.6. The van der Waals surface area contributed by atoms with Crippen molar-refractivity contribution in [1.29, 1.82) is 0 Å². The number of rotatable bonds is 8. The maximum absolute atomic E-state index is 12.6. The van der Waals surface area contributed by atoms with Crippen LogP contribution >= 0.6 is 0 Å². The van der Waals surface area contributed by atoms with Crippen molar-refractivity contribution < 1.29 is 22.7 Å². The molecule has 0 radical (unpaired) electrons. The number of hydrogen-bond donors (Lipinski definition) is 0. The third-order valence-electron chi connectivity index (χ3n) is 4.38. The molecule has 7 nitrogen and oxygen atoms in total. The molecule has 156 valence electrons. The summed E-state index contributed by atoms with van der Waals surface area (Å²) in [5.41, 5.74) is 1.88. The molecule has 0 heterocycles. The number of ether oxygens (including phenoxy) is 1. The van der Waals surface area contributed by atoms with Crippen LogP contribution in [0.15, 0.2) is 59.5 Å². The molecule has 0 spiro atoms. The second-order valence-corrected chi connectivity index (χ2v) is 8.93. The quantitative estimate of drug-likeness (QED) is 0.614. The standard InChI is InChI=1S/C21H26N2O5S/c1-16-10-12-19(13-11-16)29(26,27)23(4)15-20(24)28-17(2)21(25)22(3)14-18-8-6-5-7-9-18/h5-13,17H,14-15H2,1-4H3/t17-/m1/s1. The highest BCUT2D eigenvalue weighted by molar-refractivity contribution is 7.89. The summed E-state index contributed by atoms with van der Waals surface area (Å²) in [4.78, 5) is 26.2. The molecule has 1 amide bonds. The van der Waals surface area contributed by atoms with E-state index < -0.39 is 28.6 Å². The Hall–Kier alpha value is -2.71. The average Bonchev–Trinajstić information content (AvgIpc) is 2.68. The van der Waals surface area contributed by atoms with Gasteiger partial charge in [-0.3, -0.25) is 9.59 Å². The summed E-state index contributed by atoms with van der Waals surface area (Å²) in [6.45, 7) is 3.21. The molecule has 1 atom stereocenters. The van der Waals surface area contributed by atoms with E-state index in [2.05, 4.69) is 0 Å². The Kier molecular flexibility index (Phi) is 7.53. The second-order valence-electron chi connectivity index (χ2n) is 6.89. The van der Waals surface area contributed by atoms with Gasteiger partial charge in [-0.15, -0.1) is 0 Å². The predicted molar refractivity (Wildman–Crippen MR) is 109 cm³/mol. The Morgan fingerprint density at radius 2 is 1.59 bits per heavy atom. The van der Waals surface area contributed by atoms with E-state index in [1.54, 1.807) is 19.2 Å². The van der Waals surface area contributed by atoms with E-state index in [0.29, 0.717) is 6.54 Å². The molecule has 0 saturated heterocycles. The van der Waals surface area contributed by atoms with E-state index in [1.165, 1.54) is 31.0 Å². The van der Waals surface area contributed by atoms with Gasteiger partial charge >= 0.3 is 5.97 Å². The van der Waals surface area contributed by atoms with Gasteiger partial charge in [-0.2, -0.15) is 4.31 Å². The van der Waals surface area contributed by atoms with E-state index >= 15 is 0 Å². The van der Waals surface area contributed by atoms with Gasteiger partial charge in [0.05, 0.1) is 4.90 Å². The Labute approximate surface area is 171 Å². The van der Waals surface area contributed by atoms with Crippen LogP contribution in [0, 0.1) is 6.92 Å². The highest BCUT2D eigenvalue weighted by atomic mass is 32.2. The number of carbonyl (C=O) groups excluding carboxylic acids is 2. The normalized spacial score (nSPS) is 12.4. The zero-order valence-corrected chi connectivity index (χ0v) is 17.8. The van der Waals surface area contributed by atoms with Crippen molar-refractivity contribution in [3.8, 4) is 0 Å². The van der Waals surface area contributed by atoms with Crippen molar-refractivity contribution >= 4 is 21.9 Å². The van der Waals surface area contributed by atoms with Crippen LogP contribution in [0.2, 0.25) is 0 Å². The van der Waals surface area contributed by atoms with Crippen molar-refractivity contribution in [1.82, 2.24) is 9.21 Å². The lowest BCUT2D eigenvalue weighted by Crippen LogP contribution is -2.40. The fraction of sp³-hybridized carbons (Fsp3) is 0.333. The number of amides is 1. The van der Waals surface area contributed by atoms with Crippen LogP contribution in [0.5, 0.6) is 0 Å². The average molecular weight is 419 g/mol. The van der Waals surface area contributed by atoms with Gasteiger partial charge in [0.15, 0.2) is 6.10 Å². The first-order valence-electron chi connectivity index (χ1n) is 9.12. The summed E-state index contributed by atoms with van der Waals surface area (Å²) in [7, 11) is -0.912. The lowest BCUT2D eigenvalue weighted by molar-refractivity contribution is -0.158. The van der Waals surface area contributed by atoms with Crippen molar-refractivity contribution in [3.63, 3.8) is 0 Å². The summed E-state index contributed by atoms with van der Waals surface area (Å²) < 4.78 is 31.2. The Morgan fingerprint density at radius 3 is 2.17 bits per heavy atom. The van der Waals surface area contributed by atoms with Gasteiger partial charge in [-0.05, 0) is 31.5 Å². The minimum Gasteiger partial charge on any atom is -0.452 e. The topological polar surface area (TPSA) is 84.0 Å². The van der Waals surface area contributed by atoms with Gasteiger partial charge in [-0.25, -0.2) is 8.42 Å². The highest BCUT2D eigenvalue weighted by Crippen LogP contribution is 2.15. The highest BCUT2D eigenvalue weighted by Gasteiger charge is 2.26. The summed E-state index contributed by atoms with van der Waals surface area (Å²) in [5, 5.41) is 0. The fourth-order valence-corrected chi connectivity index (χ4v) is 3.80. The van der Waals surface area contributed by atoms with Crippen LogP contribution in [-0.4, -0.2) is 56.2 Å². The lowest BCUT2D eigenvalue weighted by Gasteiger charge is -2.22. The molecule has 8 heteroatoms. The Balaban J connectivity index is 1.93. The number of hydrogen-bond acceptors (Lipinski definition) is 5. The van der Waals surface area contributed by atoms with Crippen molar-refractivity contribution in [2.75, 3.05) is 20.6 Å².